The Morgan fingerprint density at radius 1 is 1.04 bits per heavy atom. The maximum Gasteiger partial charge on any atom is 0.156 e. The summed E-state index contributed by atoms with van der Waals surface area (Å²) in [6.45, 7) is 3.69. The molecule has 0 aliphatic carbocycles. The SMILES string of the molecule is Cc1cc(CNCc2ccc3ccn(C)c3c2)cnc1-n1cccn1. The highest BCUT2D eigenvalue weighted by Gasteiger charge is 2.05. The van der Waals surface area contributed by atoms with Gasteiger partial charge in [-0.05, 0) is 53.3 Å². The van der Waals surface area contributed by atoms with Crippen molar-refractivity contribution in [1.29, 1.82) is 0 Å². The van der Waals surface area contributed by atoms with Gasteiger partial charge in [0.05, 0.1) is 0 Å². The molecule has 25 heavy (non-hydrogen) atoms. The molecule has 0 amide bonds. The zero-order chi connectivity index (χ0) is 17.2. The number of fused-ring (bicyclic) bond motifs is 1. The van der Waals surface area contributed by atoms with Gasteiger partial charge in [-0.1, -0.05) is 12.1 Å². The molecule has 4 rings (SSSR count). The van der Waals surface area contributed by atoms with Crippen molar-refractivity contribution in [3.63, 3.8) is 0 Å². The predicted octanol–water partition coefficient (Wildman–Crippen LogP) is 3.36. The van der Waals surface area contributed by atoms with E-state index in [9.17, 15) is 0 Å². The molecular weight excluding hydrogens is 310 g/mol. The Labute approximate surface area is 146 Å². The lowest BCUT2D eigenvalue weighted by Crippen LogP contribution is -2.13. The summed E-state index contributed by atoms with van der Waals surface area (Å²) in [5.41, 5.74) is 4.84. The molecule has 0 radical (unpaired) electrons. The number of rotatable bonds is 5. The van der Waals surface area contributed by atoms with Gasteiger partial charge >= 0.3 is 0 Å². The van der Waals surface area contributed by atoms with Gasteiger partial charge in [-0.25, -0.2) is 9.67 Å². The molecule has 0 aliphatic rings. The van der Waals surface area contributed by atoms with Crippen LogP contribution in [0.2, 0.25) is 0 Å². The third kappa shape index (κ3) is 3.19. The fourth-order valence-electron chi connectivity index (χ4n) is 3.13. The highest BCUT2D eigenvalue weighted by atomic mass is 15.3. The van der Waals surface area contributed by atoms with Crippen molar-refractivity contribution in [2.75, 3.05) is 0 Å². The Kier molecular flexibility index (Phi) is 4.07. The summed E-state index contributed by atoms with van der Waals surface area (Å²) < 4.78 is 3.95. The van der Waals surface area contributed by atoms with Crippen molar-refractivity contribution >= 4 is 10.9 Å². The largest absolute Gasteiger partial charge is 0.351 e. The van der Waals surface area contributed by atoms with E-state index in [-0.39, 0.29) is 0 Å². The first-order valence-corrected chi connectivity index (χ1v) is 8.41. The molecule has 126 valence electrons. The van der Waals surface area contributed by atoms with Gasteiger partial charge in [0.25, 0.3) is 0 Å². The van der Waals surface area contributed by atoms with Gasteiger partial charge in [0.1, 0.15) is 0 Å². The molecule has 0 saturated carbocycles. The molecule has 3 aromatic heterocycles. The molecule has 0 unspecified atom stereocenters. The number of aromatic nitrogens is 4. The van der Waals surface area contributed by atoms with Crippen molar-refractivity contribution < 1.29 is 0 Å². The number of benzene rings is 1. The van der Waals surface area contributed by atoms with Gasteiger partial charge in [0.15, 0.2) is 5.82 Å². The fraction of sp³-hybridized carbons (Fsp3) is 0.200. The van der Waals surface area contributed by atoms with Gasteiger partial charge in [-0.3, -0.25) is 0 Å². The van der Waals surface area contributed by atoms with Crippen LogP contribution < -0.4 is 5.32 Å². The molecule has 1 aromatic carbocycles. The minimum Gasteiger partial charge on any atom is -0.351 e. The van der Waals surface area contributed by atoms with Gasteiger partial charge in [-0.15, -0.1) is 0 Å². The van der Waals surface area contributed by atoms with Crippen molar-refractivity contribution in [2.24, 2.45) is 7.05 Å². The molecule has 0 fully saturated rings. The van der Waals surface area contributed by atoms with Crippen LogP contribution in [-0.2, 0) is 20.1 Å². The Hall–Kier alpha value is -2.92. The summed E-state index contributed by atoms with van der Waals surface area (Å²) >= 11 is 0. The highest BCUT2D eigenvalue weighted by molar-refractivity contribution is 5.80. The fourth-order valence-corrected chi connectivity index (χ4v) is 3.13. The van der Waals surface area contributed by atoms with Crippen LogP contribution in [-0.4, -0.2) is 19.3 Å². The van der Waals surface area contributed by atoms with Crippen LogP contribution >= 0.6 is 0 Å². The van der Waals surface area contributed by atoms with E-state index >= 15 is 0 Å². The smallest absolute Gasteiger partial charge is 0.156 e. The van der Waals surface area contributed by atoms with E-state index in [1.165, 1.54) is 22.0 Å². The van der Waals surface area contributed by atoms with Crippen molar-refractivity contribution in [2.45, 2.75) is 20.0 Å². The lowest BCUT2D eigenvalue weighted by molar-refractivity contribution is 0.689. The van der Waals surface area contributed by atoms with E-state index in [0.29, 0.717) is 0 Å². The Morgan fingerprint density at radius 3 is 2.72 bits per heavy atom. The van der Waals surface area contributed by atoms with Gasteiger partial charge in [0, 0.05) is 50.4 Å². The highest BCUT2D eigenvalue weighted by Crippen LogP contribution is 2.17. The minimum atomic E-state index is 0.790. The summed E-state index contributed by atoms with van der Waals surface area (Å²) in [6, 6.07) is 12.8. The first kappa shape index (κ1) is 15.6. The van der Waals surface area contributed by atoms with Crippen molar-refractivity contribution in [3.05, 3.63) is 77.9 Å². The molecule has 3 heterocycles. The summed E-state index contributed by atoms with van der Waals surface area (Å²) in [7, 11) is 2.08. The monoisotopic (exact) mass is 331 g/mol. The van der Waals surface area contributed by atoms with Gasteiger partial charge in [-0.2, -0.15) is 5.10 Å². The molecular formula is C20H21N5. The van der Waals surface area contributed by atoms with Crippen LogP contribution in [0.5, 0.6) is 0 Å². The molecule has 0 saturated heterocycles. The third-order valence-corrected chi connectivity index (χ3v) is 4.44. The topological polar surface area (TPSA) is 47.7 Å². The molecule has 5 nitrogen and oxygen atoms in total. The maximum absolute atomic E-state index is 4.55. The summed E-state index contributed by atoms with van der Waals surface area (Å²) in [5.74, 6) is 0.878. The maximum atomic E-state index is 4.55. The summed E-state index contributed by atoms with van der Waals surface area (Å²) in [4.78, 5) is 4.55. The minimum absolute atomic E-state index is 0.790. The molecule has 0 spiro atoms. The molecule has 4 aromatic rings. The average molecular weight is 331 g/mol. The second-order valence-corrected chi connectivity index (χ2v) is 6.36. The standard InChI is InChI=1S/C20H21N5/c1-15-10-17(14-22-20(15)25-8-3-7-23-25)13-21-12-16-4-5-18-6-9-24(2)19(18)11-16/h3-11,14,21H,12-13H2,1-2H3. The number of pyridine rings is 1. The van der Waals surface area contributed by atoms with Gasteiger partial charge < -0.3 is 9.88 Å². The van der Waals surface area contributed by atoms with E-state index in [1.807, 2.05) is 18.5 Å². The number of hydrogen-bond donors (Lipinski definition) is 1. The Balaban J connectivity index is 1.42. The predicted molar refractivity (Wildman–Crippen MR) is 99.6 cm³/mol. The van der Waals surface area contributed by atoms with E-state index < -0.39 is 0 Å². The van der Waals surface area contributed by atoms with E-state index in [0.717, 1.165) is 24.5 Å². The Morgan fingerprint density at radius 2 is 1.92 bits per heavy atom. The summed E-state index contributed by atoms with van der Waals surface area (Å²) in [5, 5.41) is 9.02. The lowest BCUT2D eigenvalue weighted by atomic mass is 10.1. The number of aryl methyl sites for hydroxylation is 2. The van der Waals surface area contributed by atoms with Crippen molar-refractivity contribution in [1.82, 2.24) is 24.6 Å². The number of nitrogens with zero attached hydrogens (tertiary/aromatic N) is 4. The molecule has 0 aliphatic heterocycles. The zero-order valence-corrected chi connectivity index (χ0v) is 14.5. The number of hydrogen-bond acceptors (Lipinski definition) is 3. The first-order chi connectivity index (χ1) is 12.2. The third-order valence-electron chi connectivity index (χ3n) is 4.44. The van der Waals surface area contributed by atoms with Crippen LogP contribution in [0.4, 0.5) is 0 Å². The summed E-state index contributed by atoms with van der Waals surface area (Å²) in [6.07, 6.45) is 7.68. The van der Waals surface area contributed by atoms with E-state index in [4.69, 9.17) is 0 Å². The van der Waals surface area contributed by atoms with Crippen LogP contribution in [0.25, 0.3) is 16.7 Å². The quantitative estimate of drug-likeness (QED) is 0.610. The molecule has 1 N–H and O–H groups in total. The molecule has 5 heteroatoms. The second kappa shape index (κ2) is 6.53. The van der Waals surface area contributed by atoms with E-state index in [1.54, 1.807) is 10.9 Å². The lowest BCUT2D eigenvalue weighted by Gasteiger charge is -2.09. The van der Waals surface area contributed by atoms with Crippen LogP contribution in [0, 0.1) is 6.92 Å². The van der Waals surface area contributed by atoms with Crippen LogP contribution in [0.15, 0.2) is 61.2 Å². The van der Waals surface area contributed by atoms with Crippen LogP contribution in [0.1, 0.15) is 16.7 Å². The first-order valence-electron chi connectivity index (χ1n) is 8.41. The Bertz CT molecular complexity index is 998. The average Bonchev–Trinajstić information content (AvgIpc) is 3.26. The number of nitrogens with one attached hydrogen (secondary N) is 1. The molecule has 0 bridgehead atoms. The zero-order valence-electron chi connectivity index (χ0n) is 14.5. The van der Waals surface area contributed by atoms with Crippen LogP contribution in [0.3, 0.4) is 0 Å². The van der Waals surface area contributed by atoms with E-state index in [2.05, 4.69) is 70.5 Å². The second-order valence-electron chi connectivity index (χ2n) is 6.36. The normalized spacial score (nSPS) is 11.3. The van der Waals surface area contributed by atoms with Gasteiger partial charge in [0.2, 0.25) is 0 Å². The molecule has 0 atom stereocenters. The van der Waals surface area contributed by atoms with Crippen molar-refractivity contribution in [3.8, 4) is 5.82 Å².